The average molecular weight is 366 g/mol. The summed E-state index contributed by atoms with van der Waals surface area (Å²) in [5.74, 6) is -0.344. The lowest BCUT2D eigenvalue weighted by Crippen LogP contribution is -2.36. The van der Waals surface area contributed by atoms with Crippen LogP contribution in [0.2, 0.25) is 0 Å². The molecule has 1 aliphatic carbocycles. The van der Waals surface area contributed by atoms with E-state index in [2.05, 4.69) is 38.7 Å². The number of likely N-dealkylation sites (N-methyl/N-ethyl adjacent to an activating group) is 1. The van der Waals surface area contributed by atoms with Gasteiger partial charge in [0.1, 0.15) is 0 Å². The number of hydrogen-bond acceptors (Lipinski definition) is 4. The number of allylic oxidation sites excluding steroid dienone is 1. The Morgan fingerprint density at radius 2 is 2.12 bits per heavy atom. The second-order valence-corrected chi connectivity index (χ2v) is 8.95. The fourth-order valence-corrected chi connectivity index (χ4v) is 4.43. The Labute approximate surface area is 160 Å². The van der Waals surface area contributed by atoms with Crippen LogP contribution in [0.5, 0.6) is 0 Å². The van der Waals surface area contributed by atoms with E-state index >= 15 is 0 Å². The van der Waals surface area contributed by atoms with Crippen LogP contribution in [0, 0.1) is 5.41 Å². The summed E-state index contributed by atoms with van der Waals surface area (Å²) in [7, 11) is 0. The first-order valence-corrected chi connectivity index (χ1v) is 10.8. The quantitative estimate of drug-likeness (QED) is 0.591. The van der Waals surface area contributed by atoms with Crippen molar-refractivity contribution in [3.63, 3.8) is 0 Å². The van der Waals surface area contributed by atoms with Crippen LogP contribution in [-0.4, -0.2) is 55.7 Å². The van der Waals surface area contributed by atoms with Gasteiger partial charge in [0, 0.05) is 32.5 Å². The molecule has 2 saturated heterocycles. The summed E-state index contributed by atoms with van der Waals surface area (Å²) in [5, 5.41) is 0. The molecule has 2 aliphatic heterocycles. The van der Waals surface area contributed by atoms with E-state index in [1.807, 2.05) is 0 Å². The standard InChI is InChI=1S/C22H39NO3/c1-5-21(3,4)18-9-12-22(13-10-18)25-17-20(26-22)11-14-23(6-2)16-19-8-7-15-24-19/h9,19-20H,5-8,10-17H2,1-4H3. The molecule has 0 N–H and O–H groups in total. The first-order chi connectivity index (χ1) is 12.5. The zero-order valence-electron chi connectivity index (χ0n) is 17.4. The summed E-state index contributed by atoms with van der Waals surface area (Å²) in [4.78, 5) is 2.51. The first kappa shape index (κ1) is 20.3. The van der Waals surface area contributed by atoms with Gasteiger partial charge in [-0.3, -0.25) is 0 Å². The highest BCUT2D eigenvalue weighted by Crippen LogP contribution is 2.43. The molecule has 0 amide bonds. The van der Waals surface area contributed by atoms with Crippen molar-refractivity contribution in [2.24, 2.45) is 5.41 Å². The summed E-state index contributed by atoms with van der Waals surface area (Å²) < 4.78 is 18.4. The number of nitrogens with zero attached hydrogens (tertiary/aromatic N) is 1. The van der Waals surface area contributed by atoms with Crippen LogP contribution in [0.3, 0.4) is 0 Å². The lowest BCUT2D eigenvalue weighted by atomic mass is 9.75. The molecule has 0 bridgehead atoms. The molecule has 3 aliphatic rings. The van der Waals surface area contributed by atoms with Crippen molar-refractivity contribution in [3.05, 3.63) is 11.6 Å². The molecular weight excluding hydrogens is 326 g/mol. The van der Waals surface area contributed by atoms with Crippen LogP contribution in [0.1, 0.15) is 72.6 Å². The number of rotatable bonds is 8. The van der Waals surface area contributed by atoms with Gasteiger partial charge in [-0.15, -0.1) is 0 Å². The maximum Gasteiger partial charge on any atom is 0.172 e. The molecule has 0 saturated carbocycles. The van der Waals surface area contributed by atoms with Crippen LogP contribution < -0.4 is 0 Å². The van der Waals surface area contributed by atoms with Crippen molar-refractivity contribution in [1.29, 1.82) is 0 Å². The Morgan fingerprint density at radius 1 is 1.27 bits per heavy atom. The van der Waals surface area contributed by atoms with Crippen LogP contribution in [0.4, 0.5) is 0 Å². The highest BCUT2D eigenvalue weighted by molar-refractivity contribution is 5.17. The van der Waals surface area contributed by atoms with Crippen molar-refractivity contribution < 1.29 is 14.2 Å². The summed E-state index contributed by atoms with van der Waals surface area (Å²) in [5.41, 5.74) is 1.89. The van der Waals surface area contributed by atoms with E-state index in [0.29, 0.717) is 11.5 Å². The summed E-state index contributed by atoms with van der Waals surface area (Å²) in [6, 6.07) is 0. The fourth-order valence-electron chi connectivity index (χ4n) is 4.43. The van der Waals surface area contributed by atoms with Gasteiger partial charge in [0.05, 0.1) is 18.8 Å². The maximum atomic E-state index is 6.42. The van der Waals surface area contributed by atoms with Gasteiger partial charge in [0.25, 0.3) is 0 Å². The molecule has 3 atom stereocenters. The molecule has 26 heavy (non-hydrogen) atoms. The van der Waals surface area contributed by atoms with Crippen molar-refractivity contribution in [2.75, 3.05) is 32.8 Å². The van der Waals surface area contributed by atoms with E-state index < -0.39 is 0 Å². The molecule has 0 aromatic heterocycles. The molecule has 4 nitrogen and oxygen atoms in total. The lowest BCUT2D eigenvalue weighted by Gasteiger charge is -2.36. The van der Waals surface area contributed by atoms with Crippen molar-refractivity contribution in [3.8, 4) is 0 Å². The lowest BCUT2D eigenvalue weighted by molar-refractivity contribution is -0.174. The van der Waals surface area contributed by atoms with Gasteiger partial charge < -0.3 is 19.1 Å². The molecule has 2 heterocycles. The zero-order chi connectivity index (χ0) is 18.6. The highest BCUT2D eigenvalue weighted by atomic mass is 16.7. The predicted molar refractivity (Wildman–Crippen MR) is 105 cm³/mol. The summed E-state index contributed by atoms with van der Waals surface area (Å²) >= 11 is 0. The minimum Gasteiger partial charge on any atom is -0.377 e. The monoisotopic (exact) mass is 365 g/mol. The van der Waals surface area contributed by atoms with E-state index in [1.54, 1.807) is 5.57 Å². The minimum absolute atomic E-state index is 0.239. The van der Waals surface area contributed by atoms with E-state index in [-0.39, 0.29) is 11.9 Å². The third kappa shape index (κ3) is 4.89. The molecule has 3 rings (SSSR count). The van der Waals surface area contributed by atoms with Crippen LogP contribution >= 0.6 is 0 Å². The van der Waals surface area contributed by atoms with E-state index in [0.717, 1.165) is 58.5 Å². The van der Waals surface area contributed by atoms with Gasteiger partial charge in [-0.1, -0.05) is 39.3 Å². The summed E-state index contributed by atoms with van der Waals surface area (Å²) in [6.45, 7) is 14.1. The second-order valence-electron chi connectivity index (χ2n) is 8.95. The zero-order valence-corrected chi connectivity index (χ0v) is 17.4. The fraction of sp³-hybridized carbons (Fsp3) is 0.909. The highest BCUT2D eigenvalue weighted by Gasteiger charge is 2.43. The number of ether oxygens (including phenoxy) is 3. The predicted octanol–water partition coefficient (Wildman–Crippen LogP) is 4.54. The maximum absolute atomic E-state index is 6.42. The number of hydrogen-bond donors (Lipinski definition) is 0. The van der Waals surface area contributed by atoms with Crippen molar-refractivity contribution >= 4 is 0 Å². The second kappa shape index (κ2) is 8.72. The van der Waals surface area contributed by atoms with Gasteiger partial charge >= 0.3 is 0 Å². The molecule has 2 fully saturated rings. The molecule has 4 heteroatoms. The van der Waals surface area contributed by atoms with Crippen LogP contribution in [-0.2, 0) is 14.2 Å². The molecule has 150 valence electrons. The largest absolute Gasteiger partial charge is 0.377 e. The van der Waals surface area contributed by atoms with E-state index in [1.165, 1.54) is 19.3 Å². The Bertz CT molecular complexity index is 484. The van der Waals surface area contributed by atoms with Gasteiger partial charge in [-0.05, 0) is 44.1 Å². The third-order valence-electron chi connectivity index (χ3n) is 6.80. The Kier molecular flexibility index (Phi) is 6.82. The molecule has 0 aromatic carbocycles. The first-order valence-electron chi connectivity index (χ1n) is 10.8. The smallest absolute Gasteiger partial charge is 0.172 e. The van der Waals surface area contributed by atoms with Crippen molar-refractivity contribution in [2.45, 2.75) is 90.6 Å². The summed E-state index contributed by atoms with van der Waals surface area (Å²) in [6.07, 6.45) is 10.8. The van der Waals surface area contributed by atoms with Gasteiger partial charge in [0.15, 0.2) is 5.79 Å². The van der Waals surface area contributed by atoms with Gasteiger partial charge in [0.2, 0.25) is 0 Å². The van der Waals surface area contributed by atoms with Crippen LogP contribution in [0.25, 0.3) is 0 Å². The Hall–Kier alpha value is -0.420. The van der Waals surface area contributed by atoms with Crippen molar-refractivity contribution in [1.82, 2.24) is 4.90 Å². The van der Waals surface area contributed by atoms with Crippen LogP contribution in [0.15, 0.2) is 11.6 Å². The molecule has 0 radical (unpaired) electrons. The molecule has 0 aromatic rings. The third-order valence-corrected chi connectivity index (χ3v) is 6.80. The topological polar surface area (TPSA) is 30.9 Å². The molecular formula is C22H39NO3. The SMILES string of the molecule is CCN(CCC1COC2(CC=C(C(C)(C)CC)CC2)O1)CC1CCCO1. The van der Waals surface area contributed by atoms with Gasteiger partial charge in [-0.25, -0.2) is 0 Å². The Morgan fingerprint density at radius 3 is 2.73 bits per heavy atom. The van der Waals surface area contributed by atoms with Gasteiger partial charge in [-0.2, -0.15) is 0 Å². The van der Waals surface area contributed by atoms with E-state index in [4.69, 9.17) is 14.2 Å². The average Bonchev–Trinajstić information content (AvgIpc) is 3.29. The Balaban J connectivity index is 1.45. The normalized spacial score (nSPS) is 32.6. The molecule has 3 unspecified atom stereocenters. The van der Waals surface area contributed by atoms with E-state index in [9.17, 15) is 0 Å². The molecule has 1 spiro atoms. The minimum atomic E-state index is -0.344.